The molecule has 0 aromatic heterocycles. The van der Waals surface area contributed by atoms with Crippen LogP contribution in [-0.4, -0.2) is 31.7 Å². The van der Waals surface area contributed by atoms with Gasteiger partial charge in [-0.05, 0) is 34.1 Å². The Bertz CT molecular complexity index is 402. The van der Waals surface area contributed by atoms with E-state index in [9.17, 15) is 4.79 Å². The zero-order valence-electron chi connectivity index (χ0n) is 8.61. The first kappa shape index (κ1) is 11.6. The molecule has 1 saturated heterocycles. The lowest BCUT2D eigenvalue weighted by atomic mass is 10.1. The van der Waals surface area contributed by atoms with Gasteiger partial charge in [-0.3, -0.25) is 4.79 Å². The maximum atomic E-state index is 12.0. The van der Waals surface area contributed by atoms with Crippen LogP contribution in [0.2, 0.25) is 0 Å². The molecule has 0 aliphatic carbocycles. The molecule has 4 nitrogen and oxygen atoms in total. The summed E-state index contributed by atoms with van der Waals surface area (Å²) in [6, 6.07) is 5.09. The zero-order valence-corrected chi connectivity index (χ0v) is 10.2. The Balaban J connectivity index is 2.16. The Labute approximate surface area is 102 Å². The number of halogens is 1. The molecule has 0 radical (unpaired) electrons. The highest BCUT2D eigenvalue weighted by Crippen LogP contribution is 2.22. The minimum absolute atomic E-state index is 0.0691. The molecule has 0 saturated carbocycles. The van der Waals surface area contributed by atoms with Gasteiger partial charge in [-0.25, -0.2) is 0 Å². The number of hydrogen-bond acceptors (Lipinski definition) is 4. The van der Waals surface area contributed by atoms with E-state index in [2.05, 4.69) is 15.9 Å². The predicted octanol–water partition coefficient (Wildman–Crippen LogP) is 1.63. The monoisotopic (exact) mass is 285 g/mol. The topological polar surface area (TPSA) is 61.6 Å². The molecular weight excluding hydrogens is 274 g/mol. The molecule has 86 valence electrons. The number of anilines is 1. The third-order valence-electron chi connectivity index (χ3n) is 2.39. The Morgan fingerprint density at radius 1 is 1.44 bits per heavy atom. The molecule has 0 bridgehead atoms. The molecule has 1 atom stereocenters. The van der Waals surface area contributed by atoms with Gasteiger partial charge in [0.1, 0.15) is 6.10 Å². The van der Waals surface area contributed by atoms with Crippen molar-refractivity contribution in [3.63, 3.8) is 0 Å². The zero-order chi connectivity index (χ0) is 11.5. The second-order valence-electron chi connectivity index (χ2n) is 3.53. The van der Waals surface area contributed by atoms with Crippen molar-refractivity contribution in [3.8, 4) is 0 Å². The van der Waals surface area contributed by atoms with Crippen LogP contribution >= 0.6 is 15.9 Å². The summed E-state index contributed by atoms with van der Waals surface area (Å²) in [4.78, 5) is 12.0. The molecule has 16 heavy (non-hydrogen) atoms. The van der Waals surface area contributed by atoms with E-state index in [1.807, 2.05) is 0 Å². The Morgan fingerprint density at radius 3 is 2.88 bits per heavy atom. The molecule has 2 N–H and O–H groups in total. The number of rotatable bonds is 2. The number of carbonyl (C=O) groups is 1. The lowest BCUT2D eigenvalue weighted by molar-refractivity contribution is -0.0719. The Kier molecular flexibility index (Phi) is 3.58. The van der Waals surface area contributed by atoms with E-state index in [4.69, 9.17) is 15.2 Å². The number of hydrogen-bond donors (Lipinski definition) is 1. The molecule has 2 rings (SSSR count). The van der Waals surface area contributed by atoms with Gasteiger partial charge in [0.2, 0.25) is 0 Å². The average Bonchev–Trinajstić information content (AvgIpc) is 2.33. The van der Waals surface area contributed by atoms with Crippen molar-refractivity contribution in [2.24, 2.45) is 0 Å². The van der Waals surface area contributed by atoms with E-state index < -0.39 is 6.10 Å². The smallest absolute Gasteiger partial charge is 0.193 e. The van der Waals surface area contributed by atoms with E-state index >= 15 is 0 Å². The predicted molar refractivity (Wildman–Crippen MR) is 63.4 cm³/mol. The fourth-order valence-electron chi connectivity index (χ4n) is 1.51. The molecule has 1 fully saturated rings. The normalized spacial score (nSPS) is 20.7. The fraction of sp³-hybridized carbons (Fsp3) is 0.364. The number of carbonyl (C=O) groups excluding carboxylic acids is 1. The molecule has 0 spiro atoms. The number of nitrogen functional groups attached to an aromatic ring is 1. The van der Waals surface area contributed by atoms with E-state index in [0.717, 1.165) is 4.47 Å². The van der Waals surface area contributed by atoms with Crippen LogP contribution in [0, 0.1) is 0 Å². The molecule has 5 heteroatoms. The third-order valence-corrected chi connectivity index (χ3v) is 3.08. The van der Waals surface area contributed by atoms with Crippen molar-refractivity contribution in [2.75, 3.05) is 25.6 Å². The third kappa shape index (κ3) is 2.42. The largest absolute Gasteiger partial charge is 0.398 e. The number of Topliss-reactive ketones (excluding diaryl/α,β-unsaturated/α-hetero) is 1. The Morgan fingerprint density at radius 2 is 2.25 bits per heavy atom. The van der Waals surface area contributed by atoms with Crippen LogP contribution in [0.15, 0.2) is 22.7 Å². The summed E-state index contributed by atoms with van der Waals surface area (Å²) in [7, 11) is 0. The summed E-state index contributed by atoms with van der Waals surface area (Å²) >= 11 is 3.29. The molecule has 1 unspecified atom stereocenters. The number of benzene rings is 1. The molecule has 1 aromatic carbocycles. The molecule has 1 heterocycles. The first-order valence-electron chi connectivity index (χ1n) is 4.97. The molecule has 1 aromatic rings. The summed E-state index contributed by atoms with van der Waals surface area (Å²) in [5.41, 5.74) is 6.84. The highest BCUT2D eigenvalue weighted by atomic mass is 79.9. The quantitative estimate of drug-likeness (QED) is 0.663. The highest BCUT2D eigenvalue weighted by molar-refractivity contribution is 9.10. The van der Waals surface area contributed by atoms with Crippen LogP contribution in [-0.2, 0) is 9.47 Å². The van der Waals surface area contributed by atoms with E-state index in [-0.39, 0.29) is 5.78 Å². The van der Waals surface area contributed by atoms with Gasteiger partial charge in [-0.15, -0.1) is 0 Å². The molecule has 1 aliphatic heterocycles. The summed E-state index contributed by atoms with van der Waals surface area (Å²) in [5.74, 6) is -0.0691. The molecule has 1 aliphatic rings. The van der Waals surface area contributed by atoms with Crippen molar-refractivity contribution >= 4 is 27.4 Å². The lowest BCUT2D eigenvalue weighted by Gasteiger charge is -2.21. The maximum absolute atomic E-state index is 12.0. The number of ketones is 1. The summed E-state index contributed by atoms with van der Waals surface area (Å²) < 4.78 is 11.3. The van der Waals surface area contributed by atoms with Crippen molar-refractivity contribution in [1.29, 1.82) is 0 Å². The van der Waals surface area contributed by atoms with E-state index in [1.54, 1.807) is 18.2 Å². The van der Waals surface area contributed by atoms with Gasteiger partial charge in [0.05, 0.1) is 19.8 Å². The minimum atomic E-state index is -0.496. The lowest BCUT2D eigenvalue weighted by Crippen LogP contribution is -2.35. The van der Waals surface area contributed by atoms with Gasteiger partial charge < -0.3 is 15.2 Å². The van der Waals surface area contributed by atoms with Gasteiger partial charge in [-0.1, -0.05) is 0 Å². The summed E-state index contributed by atoms with van der Waals surface area (Å²) in [6.07, 6.45) is -0.496. The van der Waals surface area contributed by atoms with Gasteiger partial charge in [-0.2, -0.15) is 0 Å². The van der Waals surface area contributed by atoms with Crippen molar-refractivity contribution in [3.05, 3.63) is 28.2 Å². The first-order chi connectivity index (χ1) is 7.68. The SMILES string of the molecule is Nc1ccc(C(=O)C2COCCO2)cc1Br. The van der Waals surface area contributed by atoms with E-state index in [0.29, 0.717) is 31.1 Å². The second-order valence-corrected chi connectivity index (χ2v) is 4.39. The number of ether oxygens (including phenoxy) is 2. The summed E-state index contributed by atoms with van der Waals surface area (Å²) in [5, 5.41) is 0. The first-order valence-corrected chi connectivity index (χ1v) is 5.76. The van der Waals surface area contributed by atoms with Crippen LogP contribution < -0.4 is 5.73 Å². The summed E-state index contributed by atoms with van der Waals surface area (Å²) in [6.45, 7) is 1.34. The standard InChI is InChI=1S/C11H12BrNO3/c12-8-5-7(1-2-9(8)13)11(14)10-6-15-3-4-16-10/h1-2,5,10H,3-4,6,13H2. The van der Waals surface area contributed by atoms with Crippen molar-refractivity contribution in [1.82, 2.24) is 0 Å². The van der Waals surface area contributed by atoms with Gasteiger partial charge in [0, 0.05) is 15.7 Å². The minimum Gasteiger partial charge on any atom is -0.398 e. The van der Waals surface area contributed by atoms with Crippen LogP contribution in [0.3, 0.4) is 0 Å². The van der Waals surface area contributed by atoms with Crippen LogP contribution in [0.25, 0.3) is 0 Å². The van der Waals surface area contributed by atoms with Crippen LogP contribution in [0.5, 0.6) is 0 Å². The second kappa shape index (κ2) is 4.95. The van der Waals surface area contributed by atoms with Gasteiger partial charge in [0.25, 0.3) is 0 Å². The average molecular weight is 286 g/mol. The van der Waals surface area contributed by atoms with Crippen LogP contribution in [0.4, 0.5) is 5.69 Å². The van der Waals surface area contributed by atoms with E-state index in [1.165, 1.54) is 0 Å². The van der Waals surface area contributed by atoms with Gasteiger partial charge in [0.15, 0.2) is 5.78 Å². The van der Waals surface area contributed by atoms with Gasteiger partial charge >= 0.3 is 0 Å². The van der Waals surface area contributed by atoms with Crippen LogP contribution in [0.1, 0.15) is 10.4 Å². The highest BCUT2D eigenvalue weighted by Gasteiger charge is 2.24. The molecule has 0 amide bonds. The molecular formula is C11H12BrNO3. The van der Waals surface area contributed by atoms with Crippen molar-refractivity contribution in [2.45, 2.75) is 6.10 Å². The maximum Gasteiger partial charge on any atom is 0.193 e. The number of nitrogens with two attached hydrogens (primary N) is 1. The fourth-order valence-corrected chi connectivity index (χ4v) is 1.88. The van der Waals surface area contributed by atoms with Crippen molar-refractivity contribution < 1.29 is 14.3 Å². The Hall–Kier alpha value is -0.910.